The monoisotopic (exact) mass is 267 g/mol. The summed E-state index contributed by atoms with van der Waals surface area (Å²) in [6.45, 7) is 2.66. The third-order valence-electron chi connectivity index (χ3n) is 2.66. The molecule has 2 aromatic carbocycles. The first kappa shape index (κ1) is 13.9. The van der Waals surface area contributed by atoms with Crippen LogP contribution in [0.15, 0.2) is 69.1 Å². The van der Waals surface area contributed by atoms with Crippen molar-refractivity contribution in [3.05, 3.63) is 48.5 Å². The molecule has 0 aliphatic carbocycles. The Kier molecular flexibility index (Phi) is 4.94. The molecule has 2 aromatic rings. The molecule has 0 saturated carbocycles. The highest BCUT2D eigenvalue weighted by molar-refractivity contribution is 5.66. The second kappa shape index (κ2) is 7.13. The van der Waals surface area contributed by atoms with Crippen LogP contribution in [-0.2, 0) is 0 Å². The Morgan fingerprint density at radius 1 is 0.800 bits per heavy atom. The molecule has 0 radical (unpaired) electrons. The lowest BCUT2D eigenvalue weighted by Gasteiger charge is -2.02. The minimum absolute atomic E-state index is 0.699. The fraction of sp³-hybridized carbons (Fsp3) is 0.200. The molecule has 0 bridgehead atoms. The van der Waals surface area contributed by atoms with E-state index in [9.17, 15) is 0 Å². The molecule has 0 atom stereocenters. The molecule has 20 heavy (non-hydrogen) atoms. The number of azo groups is 1. The van der Waals surface area contributed by atoms with Gasteiger partial charge in [-0.1, -0.05) is 29.5 Å². The molecule has 0 amide bonds. The zero-order chi connectivity index (χ0) is 14.2. The van der Waals surface area contributed by atoms with Gasteiger partial charge in [0, 0.05) is 7.05 Å². The first-order valence-corrected chi connectivity index (χ1v) is 6.49. The standard InChI is InChI=1S/C15H17N5/c1-3-17-18-14-8-4-12(5-9-14)13-6-10-15(11-7-13)19-20-16-2/h4-11H,3H2,1-2H3,(H,16,19)/b18-17+. The number of benzene rings is 2. The number of rotatable bonds is 5. The molecule has 0 aliphatic heterocycles. The van der Waals surface area contributed by atoms with Crippen molar-refractivity contribution in [1.29, 1.82) is 0 Å². The Labute approximate surface area is 118 Å². The molecule has 102 valence electrons. The molecule has 2 rings (SSSR count). The molecular weight excluding hydrogens is 250 g/mol. The summed E-state index contributed by atoms with van der Waals surface area (Å²) >= 11 is 0. The van der Waals surface area contributed by atoms with E-state index in [-0.39, 0.29) is 0 Å². The van der Waals surface area contributed by atoms with Gasteiger partial charge < -0.3 is 0 Å². The summed E-state index contributed by atoms with van der Waals surface area (Å²) in [5, 5.41) is 15.8. The zero-order valence-electron chi connectivity index (χ0n) is 11.6. The summed E-state index contributed by atoms with van der Waals surface area (Å²) in [7, 11) is 1.72. The summed E-state index contributed by atoms with van der Waals surface area (Å²) in [6.07, 6.45) is 0. The summed E-state index contributed by atoms with van der Waals surface area (Å²) in [5.74, 6) is 0. The van der Waals surface area contributed by atoms with Crippen LogP contribution in [0.2, 0.25) is 0 Å². The first-order chi connectivity index (χ1) is 9.83. The quantitative estimate of drug-likeness (QED) is 0.620. The lowest BCUT2D eigenvalue weighted by Crippen LogP contribution is -1.89. The zero-order valence-corrected chi connectivity index (χ0v) is 11.6. The van der Waals surface area contributed by atoms with Crippen molar-refractivity contribution in [2.75, 3.05) is 13.6 Å². The molecule has 0 saturated heterocycles. The van der Waals surface area contributed by atoms with E-state index >= 15 is 0 Å². The number of nitrogens with one attached hydrogen (secondary N) is 1. The summed E-state index contributed by atoms with van der Waals surface area (Å²) < 4.78 is 0. The van der Waals surface area contributed by atoms with E-state index in [1.54, 1.807) is 7.05 Å². The van der Waals surface area contributed by atoms with Crippen LogP contribution in [0, 0.1) is 0 Å². The van der Waals surface area contributed by atoms with Gasteiger partial charge in [-0.25, -0.2) is 0 Å². The van der Waals surface area contributed by atoms with E-state index in [4.69, 9.17) is 0 Å². The van der Waals surface area contributed by atoms with Gasteiger partial charge in [0.1, 0.15) is 0 Å². The highest BCUT2D eigenvalue weighted by Crippen LogP contribution is 2.25. The molecule has 0 heterocycles. The van der Waals surface area contributed by atoms with Crippen molar-refractivity contribution in [2.24, 2.45) is 20.6 Å². The number of hydrogen-bond donors (Lipinski definition) is 1. The normalized spacial score (nSPS) is 11.3. The molecule has 0 aliphatic rings. The molecule has 1 N–H and O–H groups in total. The van der Waals surface area contributed by atoms with Gasteiger partial charge in [-0.05, 0) is 42.3 Å². The smallest absolute Gasteiger partial charge is 0.0874 e. The highest BCUT2D eigenvalue weighted by Gasteiger charge is 1.98. The van der Waals surface area contributed by atoms with E-state index in [2.05, 4.69) is 26.0 Å². The van der Waals surface area contributed by atoms with Crippen molar-refractivity contribution in [3.8, 4) is 11.1 Å². The summed E-state index contributed by atoms with van der Waals surface area (Å²) in [5.41, 5.74) is 6.58. The van der Waals surface area contributed by atoms with Crippen LogP contribution in [0.4, 0.5) is 11.4 Å². The fourth-order valence-electron chi connectivity index (χ4n) is 1.70. The molecule has 0 spiro atoms. The lowest BCUT2D eigenvalue weighted by atomic mass is 10.1. The van der Waals surface area contributed by atoms with Gasteiger partial charge in [-0.15, -0.1) is 5.11 Å². The van der Waals surface area contributed by atoms with Gasteiger partial charge in [0.25, 0.3) is 0 Å². The van der Waals surface area contributed by atoms with Crippen LogP contribution >= 0.6 is 0 Å². The van der Waals surface area contributed by atoms with Crippen molar-refractivity contribution in [2.45, 2.75) is 6.92 Å². The van der Waals surface area contributed by atoms with Gasteiger partial charge >= 0.3 is 0 Å². The molecule has 0 unspecified atom stereocenters. The maximum absolute atomic E-state index is 4.10. The Balaban J connectivity index is 2.15. The van der Waals surface area contributed by atoms with Crippen LogP contribution < -0.4 is 5.43 Å². The fourth-order valence-corrected chi connectivity index (χ4v) is 1.70. The maximum Gasteiger partial charge on any atom is 0.0874 e. The second-order valence-electron chi connectivity index (χ2n) is 4.08. The van der Waals surface area contributed by atoms with Crippen LogP contribution in [-0.4, -0.2) is 13.6 Å². The largest absolute Gasteiger partial charge is 0.295 e. The van der Waals surface area contributed by atoms with Gasteiger partial charge in [0.05, 0.1) is 17.9 Å². The number of hydrogen-bond acceptors (Lipinski definition) is 4. The lowest BCUT2D eigenvalue weighted by molar-refractivity contribution is 0.822. The third kappa shape index (κ3) is 3.71. The van der Waals surface area contributed by atoms with Crippen LogP contribution in [0.25, 0.3) is 11.1 Å². The Morgan fingerprint density at radius 3 is 1.75 bits per heavy atom. The van der Waals surface area contributed by atoms with Crippen LogP contribution in [0.1, 0.15) is 6.92 Å². The number of nitrogens with zero attached hydrogens (tertiary/aromatic N) is 4. The summed E-state index contributed by atoms with van der Waals surface area (Å²) in [4.78, 5) is 0. The molecule has 0 fully saturated rings. The van der Waals surface area contributed by atoms with E-state index in [0.29, 0.717) is 6.54 Å². The second-order valence-corrected chi connectivity index (χ2v) is 4.08. The molecule has 5 nitrogen and oxygen atoms in total. The highest BCUT2D eigenvalue weighted by atomic mass is 15.4. The van der Waals surface area contributed by atoms with Crippen LogP contribution in [0.3, 0.4) is 0 Å². The van der Waals surface area contributed by atoms with Gasteiger partial charge in [-0.2, -0.15) is 10.2 Å². The SMILES string of the molecule is CC/N=N/c1ccc(-c2ccc(N=NNC)cc2)cc1. The Morgan fingerprint density at radius 2 is 1.30 bits per heavy atom. The average Bonchev–Trinajstić information content (AvgIpc) is 2.52. The third-order valence-corrected chi connectivity index (χ3v) is 2.66. The van der Waals surface area contributed by atoms with E-state index in [1.165, 1.54) is 0 Å². The van der Waals surface area contributed by atoms with Gasteiger partial charge in [-0.3, -0.25) is 5.43 Å². The summed E-state index contributed by atoms with van der Waals surface area (Å²) in [6, 6.07) is 15.9. The average molecular weight is 267 g/mol. The van der Waals surface area contributed by atoms with Crippen molar-refractivity contribution in [1.82, 2.24) is 5.43 Å². The first-order valence-electron chi connectivity index (χ1n) is 6.49. The minimum atomic E-state index is 0.699. The predicted octanol–water partition coefficient (Wildman–Crippen LogP) is 4.68. The van der Waals surface area contributed by atoms with Crippen molar-refractivity contribution < 1.29 is 0 Å². The molecule has 0 aromatic heterocycles. The molecular formula is C15H17N5. The van der Waals surface area contributed by atoms with Crippen LogP contribution in [0.5, 0.6) is 0 Å². The van der Waals surface area contributed by atoms with E-state index in [1.807, 2.05) is 55.5 Å². The van der Waals surface area contributed by atoms with Gasteiger partial charge in [0.15, 0.2) is 0 Å². The van der Waals surface area contributed by atoms with E-state index < -0.39 is 0 Å². The van der Waals surface area contributed by atoms with E-state index in [0.717, 1.165) is 22.5 Å². The topological polar surface area (TPSA) is 61.5 Å². The Hall–Kier alpha value is -2.56. The van der Waals surface area contributed by atoms with Gasteiger partial charge in [0.2, 0.25) is 0 Å². The van der Waals surface area contributed by atoms with Crippen molar-refractivity contribution in [3.63, 3.8) is 0 Å². The Bertz CT molecular complexity index is 529. The maximum atomic E-state index is 4.10. The minimum Gasteiger partial charge on any atom is -0.295 e. The predicted molar refractivity (Wildman–Crippen MR) is 80.5 cm³/mol. The molecule has 5 heteroatoms. The van der Waals surface area contributed by atoms with Crippen molar-refractivity contribution >= 4 is 11.4 Å².